The van der Waals surface area contributed by atoms with Gasteiger partial charge in [-0.3, -0.25) is 9.69 Å². The van der Waals surface area contributed by atoms with Crippen molar-refractivity contribution >= 4 is 28.6 Å². The van der Waals surface area contributed by atoms with Gasteiger partial charge in [-0.05, 0) is 68.5 Å². The Kier molecular flexibility index (Phi) is 7.59. The number of aromatic nitrogens is 1. The predicted molar refractivity (Wildman–Crippen MR) is 152 cm³/mol. The molecule has 198 valence electrons. The van der Waals surface area contributed by atoms with Crippen LogP contribution >= 0.6 is 0 Å². The highest BCUT2D eigenvalue weighted by atomic mass is 16.5. The highest BCUT2D eigenvalue weighted by Gasteiger charge is 2.25. The van der Waals surface area contributed by atoms with E-state index in [0.717, 1.165) is 94.3 Å². The van der Waals surface area contributed by atoms with Gasteiger partial charge in [0.05, 0.1) is 18.0 Å². The topological polar surface area (TPSA) is 54.9 Å². The van der Waals surface area contributed by atoms with Crippen LogP contribution in [-0.2, 0) is 11.2 Å². The highest BCUT2D eigenvalue weighted by Crippen LogP contribution is 2.31. The number of piperazine rings is 1. The first kappa shape index (κ1) is 24.9. The Bertz CT molecular complexity index is 1310. The second-order valence-electron chi connectivity index (χ2n) is 10.7. The number of anilines is 1. The molecule has 2 heterocycles. The van der Waals surface area contributed by atoms with Crippen molar-refractivity contribution in [3.05, 3.63) is 65.7 Å². The number of unbranched alkanes of at least 4 members (excludes halogenated alkanes) is 1. The molecule has 0 bridgehead atoms. The molecule has 0 spiro atoms. The number of pyridine rings is 1. The summed E-state index contributed by atoms with van der Waals surface area (Å²) in [6.07, 6.45) is 11.8. The molecular weight excluding hydrogens is 474 g/mol. The first-order valence-electron chi connectivity index (χ1n) is 14.2. The molecule has 1 saturated heterocycles. The number of esters is 1. The molecule has 0 atom stereocenters. The maximum Gasteiger partial charge on any atom is 0.315 e. The second-order valence-corrected chi connectivity index (χ2v) is 10.7. The molecule has 3 aliphatic rings. The number of hydrogen-bond acceptors (Lipinski definition) is 6. The van der Waals surface area contributed by atoms with Gasteiger partial charge in [0.1, 0.15) is 5.75 Å². The highest BCUT2D eigenvalue weighted by molar-refractivity contribution is 5.81. The zero-order valence-electron chi connectivity index (χ0n) is 22.1. The Morgan fingerprint density at radius 2 is 1.82 bits per heavy atom. The van der Waals surface area contributed by atoms with E-state index in [4.69, 9.17) is 9.47 Å². The normalized spacial score (nSPS) is 17.7. The van der Waals surface area contributed by atoms with Crippen LogP contribution < -0.4 is 14.4 Å². The lowest BCUT2D eigenvalue weighted by Gasteiger charge is -2.37. The summed E-state index contributed by atoms with van der Waals surface area (Å²) in [6.45, 7) is 6.19. The summed E-state index contributed by atoms with van der Waals surface area (Å²) >= 11 is 0. The van der Waals surface area contributed by atoms with E-state index >= 15 is 0 Å². The maximum absolute atomic E-state index is 12.4. The molecule has 6 rings (SSSR count). The molecule has 2 aromatic carbocycles. The lowest BCUT2D eigenvalue weighted by molar-refractivity contribution is -0.138. The van der Waals surface area contributed by atoms with Crippen molar-refractivity contribution in [2.24, 2.45) is 5.92 Å². The van der Waals surface area contributed by atoms with E-state index < -0.39 is 0 Å². The van der Waals surface area contributed by atoms with E-state index in [-0.39, 0.29) is 11.9 Å². The van der Waals surface area contributed by atoms with Crippen molar-refractivity contribution in [2.45, 2.75) is 44.9 Å². The van der Waals surface area contributed by atoms with Gasteiger partial charge < -0.3 is 14.4 Å². The molecule has 1 saturated carbocycles. The van der Waals surface area contributed by atoms with Gasteiger partial charge in [0.15, 0.2) is 0 Å². The molecule has 6 nitrogen and oxygen atoms in total. The maximum atomic E-state index is 12.4. The van der Waals surface area contributed by atoms with E-state index in [9.17, 15) is 4.79 Å². The Morgan fingerprint density at radius 3 is 2.68 bits per heavy atom. The molecule has 2 aliphatic carbocycles. The summed E-state index contributed by atoms with van der Waals surface area (Å²) in [5, 5.41) is 1.01. The predicted octanol–water partition coefficient (Wildman–Crippen LogP) is 5.88. The fraction of sp³-hybridized carbons (Fsp3) is 0.438. The minimum Gasteiger partial charge on any atom is -0.494 e. The van der Waals surface area contributed by atoms with Gasteiger partial charge in [-0.25, -0.2) is 4.98 Å². The quantitative estimate of drug-likeness (QED) is 0.264. The van der Waals surface area contributed by atoms with Crippen molar-refractivity contribution in [1.29, 1.82) is 0 Å². The first-order valence-corrected chi connectivity index (χ1v) is 14.2. The van der Waals surface area contributed by atoms with Crippen molar-refractivity contribution < 1.29 is 14.3 Å². The smallest absolute Gasteiger partial charge is 0.315 e. The number of hydrogen-bond donors (Lipinski definition) is 0. The number of carbonyl (C=O) groups excluding carboxylic acids is 1. The van der Waals surface area contributed by atoms with Gasteiger partial charge >= 0.3 is 5.97 Å². The van der Waals surface area contributed by atoms with Crippen molar-refractivity contribution in [2.75, 3.05) is 44.2 Å². The van der Waals surface area contributed by atoms with Crippen LogP contribution in [0.4, 0.5) is 5.69 Å². The molecule has 1 aliphatic heterocycles. The van der Waals surface area contributed by atoms with Crippen LogP contribution in [0.1, 0.15) is 49.7 Å². The van der Waals surface area contributed by atoms with E-state index in [1.54, 1.807) is 6.07 Å². The van der Waals surface area contributed by atoms with Crippen LogP contribution in [0, 0.1) is 5.92 Å². The summed E-state index contributed by atoms with van der Waals surface area (Å²) in [5.41, 5.74) is 5.06. The van der Waals surface area contributed by atoms with Crippen molar-refractivity contribution in [1.82, 2.24) is 9.88 Å². The number of ether oxygens (including phenoxy) is 2. The van der Waals surface area contributed by atoms with Crippen LogP contribution in [-0.4, -0.2) is 55.2 Å². The van der Waals surface area contributed by atoms with Gasteiger partial charge in [-0.2, -0.15) is 0 Å². The van der Waals surface area contributed by atoms with E-state index in [1.807, 2.05) is 24.3 Å². The number of fused-ring (bicyclic) bond motifs is 2. The molecule has 38 heavy (non-hydrogen) atoms. The number of carbonyl (C=O) groups is 1. The third-order valence-corrected chi connectivity index (χ3v) is 8.18. The van der Waals surface area contributed by atoms with E-state index in [2.05, 4.69) is 45.1 Å². The average Bonchev–Trinajstić information content (AvgIpc) is 3.66. The van der Waals surface area contributed by atoms with Crippen molar-refractivity contribution in [3.63, 3.8) is 0 Å². The van der Waals surface area contributed by atoms with Gasteiger partial charge in [0.2, 0.25) is 5.88 Å². The van der Waals surface area contributed by atoms with Gasteiger partial charge in [0, 0.05) is 54.9 Å². The van der Waals surface area contributed by atoms with Crippen LogP contribution in [0.5, 0.6) is 11.6 Å². The molecule has 0 unspecified atom stereocenters. The number of allylic oxidation sites excluding steroid dienone is 1. The lowest BCUT2D eigenvalue weighted by atomic mass is 10.1. The average molecular weight is 512 g/mol. The lowest BCUT2D eigenvalue weighted by Crippen LogP contribution is -2.46. The molecule has 0 N–H and O–H groups in total. The van der Waals surface area contributed by atoms with Gasteiger partial charge in [-0.15, -0.1) is 0 Å². The van der Waals surface area contributed by atoms with Gasteiger partial charge in [0.25, 0.3) is 0 Å². The van der Waals surface area contributed by atoms with Crippen LogP contribution in [0.15, 0.2) is 54.6 Å². The Labute approximate surface area is 225 Å². The minimum absolute atomic E-state index is 0.0213. The SMILES string of the molecule is O=C(Oc1ccc2ccc(OCCCCN3CCN(c4cccc5c4C=CC5)CC3)cc2n1)C1CCCC1. The molecule has 2 fully saturated rings. The standard InChI is InChI=1S/C32H37N3O3/c36-32(26-7-1-2-8-26)38-31-16-14-25-13-15-27(23-29(25)33-31)37-22-4-3-17-34-18-20-35(21-19-34)30-12-6-10-24-9-5-11-28(24)30/h5-6,10-16,23,26H,1-4,7-9,17-22H2. The summed E-state index contributed by atoms with van der Waals surface area (Å²) in [7, 11) is 0. The molecule has 0 amide bonds. The minimum atomic E-state index is -0.149. The Hall–Kier alpha value is -3.38. The van der Waals surface area contributed by atoms with E-state index in [0.29, 0.717) is 12.5 Å². The van der Waals surface area contributed by atoms with Crippen LogP contribution in [0.25, 0.3) is 17.0 Å². The summed E-state index contributed by atoms with van der Waals surface area (Å²) in [5.74, 6) is 1.05. The van der Waals surface area contributed by atoms with Crippen molar-refractivity contribution in [3.8, 4) is 11.6 Å². The Morgan fingerprint density at radius 1 is 0.974 bits per heavy atom. The summed E-state index contributed by atoms with van der Waals surface area (Å²) in [4.78, 5) is 22.0. The summed E-state index contributed by atoms with van der Waals surface area (Å²) in [6, 6.07) is 16.4. The number of benzene rings is 2. The fourth-order valence-corrected chi connectivity index (χ4v) is 5.96. The van der Waals surface area contributed by atoms with Crippen LogP contribution in [0.3, 0.4) is 0 Å². The number of rotatable bonds is 9. The fourth-order valence-electron chi connectivity index (χ4n) is 5.96. The van der Waals surface area contributed by atoms with Gasteiger partial charge in [-0.1, -0.05) is 37.1 Å². The summed E-state index contributed by atoms with van der Waals surface area (Å²) < 4.78 is 11.6. The van der Waals surface area contributed by atoms with E-state index in [1.165, 1.54) is 16.8 Å². The zero-order chi connectivity index (χ0) is 25.7. The second kappa shape index (κ2) is 11.6. The molecule has 3 aromatic rings. The molecule has 0 radical (unpaired) electrons. The molecule has 1 aromatic heterocycles. The number of nitrogens with zero attached hydrogens (tertiary/aromatic N) is 3. The monoisotopic (exact) mass is 511 g/mol. The molecular formula is C32H37N3O3. The third-order valence-electron chi connectivity index (χ3n) is 8.18. The van der Waals surface area contributed by atoms with Crippen LogP contribution in [0.2, 0.25) is 0 Å². The molecule has 6 heteroatoms. The zero-order valence-corrected chi connectivity index (χ0v) is 22.1. The third kappa shape index (κ3) is 5.70. The Balaban J connectivity index is 0.936. The first-order chi connectivity index (χ1) is 18.7. The largest absolute Gasteiger partial charge is 0.494 e.